The number of halogens is 8. The summed E-state index contributed by atoms with van der Waals surface area (Å²) in [6.07, 6.45) is 21.7. The largest absolute Gasteiger partial charge is 0.494 e. The van der Waals surface area contributed by atoms with Crippen LogP contribution in [-0.4, -0.2) is 46.4 Å². The molecule has 8 aromatic carbocycles. The molecule has 0 unspecified atom stereocenters. The fourth-order valence-corrected chi connectivity index (χ4v) is 12.1. The van der Waals surface area contributed by atoms with Crippen LogP contribution in [-0.2, 0) is 0 Å². The van der Waals surface area contributed by atoms with Gasteiger partial charge in [-0.15, -0.1) is 0 Å². The summed E-state index contributed by atoms with van der Waals surface area (Å²) in [7, 11) is 0. The van der Waals surface area contributed by atoms with Crippen molar-refractivity contribution in [3.05, 3.63) is 290 Å². The first-order chi connectivity index (χ1) is 53.7. The van der Waals surface area contributed by atoms with Crippen molar-refractivity contribution in [3.63, 3.8) is 0 Å². The molecule has 0 aliphatic rings. The Balaban J connectivity index is 0.000000169. The van der Waals surface area contributed by atoms with Gasteiger partial charge in [-0.3, -0.25) is 0 Å². The smallest absolute Gasteiger partial charge is 0.223 e. The molecule has 0 saturated heterocycles. The minimum Gasteiger partial charge on any atom is -0.494 e. The number of pyridine rings is 4. The van der Waals surface area contributed by atoms with Gasteiger partial charge in [0, 0.05) is 22.3 Å². The van der Waals surface area contributed by atoms with Crippen molar-refractivity contribution in [2.45, 2.75) is 143 Å². The van der Waals surface area contributed by atoms with Crippen molar-refractivity contribution in [1.82, 2.24) is 19.9 Å². The molecule has 4 heterocycles. The highest BCUT2D eigenvalue weighted by Crippen LogP contribution is 2.33. The van der Waals surface area contributed by atoms with E-state index in [1.54, 1.807) is 0 Å². The highest BCUT2D eigenvalue weighted by Gasteiger charge is 2.14. The van der Waals surface area contributed by atoms with Crippen LogP contribution in [0.25, 0.3) is 89.0 Å². The van der Waals surface area contributed by atoms with E-state index < -0.39 is 47.6 Å². The van der Waals surface area contributed by atoms with Crippen LogP contribution in [0, 0.1) is 47.6 Å². The van der Waals surface area contributed by atoms with E-state index >= 15 is 0 Å². The minimum atomic E-state index is -0.820. The lowest BCUT2D eigenvalue weighted by atomic mass is 10.0. The molecule has 0 radical (unpaired) electrons. The fraction of sp³-hybridized carbons (Fsp3) is 0.277. The van der Waals surface area contributed by atoms with Crippen molar-refractivity contribution < 1.29 is 54.1 Å². The second-order valence-corrected chi connectivity index (χ2v) is 26.6. The molecule has 12 rings (SSSR count). The third kappa shape index (κ3) is 26.7. The molecule has 572 valence electrons. The number of hydrogen-bond acceptors (Lipinski definition) is 8. The predicted molar refractivity (Wildman–Crippen MR) is 428 cm³/mol. The summed E-state index contributed by atoms with van der Waals surface area (Å²) in [6, 6.07) is 71.9. The van der Waals surface area contributed by atoms with Crippen LogP contribution >= 0.6 is 0 Å². The van der Waals surface area contributed by atoms with Crippen molar-refractivity contribution >= 4 is 0 Å². The van der Waals surface area contributed by atoms with Crippen LogP contribution in [0.1, 0.15) is 143 Å². The molecular formula is C94H96F8N4O4. The lowest BCUT2D eigenvalue weighted by molar-refractivity contribution is 0.304. The first kappa shape index (κ1) is 83.0. The maximum atomic E-state index is 13.8. The van der Waals surface area contributed by atoms with Gasteiger partial charge in [-0.2, -0.15) is 55.1 Å². The Morgan fingerprint density at radius 1 is 0.182 bits per heavy atom. The zero-order valence-corrected chi connectivity index (χ0v) is 63.1. The number of aromatic nitrogens is 4. The minimum absolute atomic E-state index is 0.286. The molecule has 110 heavy (non-hydrogen) atoms. The third-order valence-electron chi connectivity index (χ3n) is 18.4. The SMILES string of the molecule is CCCCCCCCOc1ccc(-c2ccc(-c3ccc(F)nc3F)cc2)cc1.CCCCCCCOc1ccc(-c2ccc(-c3ccc(F)nc3F)cc2)cc1.CCCCCCOc1ccc(-c2ccc(-c3ccc(F)nc3F)cc2)cc1.CCCCCOc1ccc(-c2ccc(-c3ccc(F)nc3F)cc2)cc1. The number of unbranched alkanes of at least 4 members (excludes halogenated alkanes) is 14. The Morgan fingerprint density at radius 2 is 0.336 bits per heavy atom. The van der Waals surface area contributed by atoms with Gasteiger partial charge in [-0.05, 0) is 190 Å². The van der Waals surface area contributed by atoms with Gasteiger partial charge in [-0.25, -0.2) is 0 Å². The van der Waals surface area contributed by atoms with Crippen LogP contribution in [0.15, 0.2) is 243 Å². The number of ether oxygens (including phenoxy) is 4. The van der Waals surface area contributed by atoms with Crippen molar-refractivity contribution in [3.8, 4) is 112 Å². The Labute approximate surface area is 642 Å². The quantitative estimate of drug-likeness (QED) is 0.0224. The number of hydrogen-bond donors (Lipinski definition) is 0. The highest BCUT2D eigenvalue weighted by molar-refractivity contribution is 5.74. The maximum absolute atomic E-state index is 13.8. The van der Waals surface area contributed by atoms with E-state index in [1.165, 1.54) is 114 Å². The molecule has 0 N–H and O–H groups in total. The molecule has 0 spiro atoms. The van der Waals surface area contributed by atoms with E-state index in [2.05, 4.69) is 47.6 Å². The molecule has 0 aliphatic heterocycles. The van der Waals surface area contributed by atoms with E-state index in [-0.39, 0.29) is 22.3 Å². The monoisotopic (exact) mass is 1500 g/mol. The van der Waals surface area contributed by atoms with Crippen LogP contribution < -0.4 is 18.9 Å². The summed E-state index contributed by atoms with van der Waals surface area (Å²) in [6.45, 7) is 11.8. The van der Waals surface area contributed by atoms with Gasteiger partial charge in [0.15, 0.2) is 0 Å². The lowest BCUT2D eigenvalue weighted by Gasteiger charge is -2.08. The van der Waals surface area contributed by atoms with Crippen LogP contribution in [0.5, 0.6) is 23.0 Å². The zero-order chi connectivity index (χ0) is 77.7. The Kier molecular flexibility index (Phi) is 34.0. The van der Waals surface area contributed by atoms with Gasteiger partial charge in [0.1, 0.15) is 23.0 Å². The normalized spacial score (nSPS) is 10.8. The van der Waals surface area contributed by atoms with Crippen molar-refractivity contribution in [1.29, 1.82) is 0 Å². The standard InChI is InChI=1S/C25H27F2NO.C24H25F2NO.C23H23F2NO.C22H21F2NO/c1-2-3-4-5-6-7-18-29-22-14-12-20(13-15-22)19-8-10-21(11-9-19)23-16-17-24(26)28-25(23)27;1-2-3-4-5-6-17-28-21-13-11-19(12-14-21)18-7-9-20(10-8-18)22-15-16-23(25)27-24(22)26;1-2-3-4-5-16-27-20-12-10-18(11-13-20)17-6-8-19(9-7-17)21-14-15-22(24)26-23(21)25;1-2-3-4-15-26-19-11-9-17(10-12-19)16-5-7-18(8-6-16)20-13-14-21(23)25-22(20)24/h8-17H,2-7,18H2,1H3;7-16H,2-6,17H2,1H3;6-15H,2-5,16H2,1H3;5-14H,2-4,15H2,1H3. The Morgan fingerprint density at radius 3 is 0.536 bits per heavy atom. The molecule has 12 aromatic rings. The van der Waals surface area contributed by atoms with E-state index in [0.29, 0.717) is 22.3 Å². The maximum Gasteiger partial charge on any atom is 0.223 e. The van der Waals surface area contributed by atoms with E-state index in [4.69, 9.17) is 18.9 Å². The topological polar surface area (TPSA) is 88.5 Å². The van der Waals surface area contributed by atoms with Gasteiger partial charge in [-0.1, -0.05) is 263 Å². The first-order valence-corrected chi connectivity index (χ1v) is 38.3. The molecule has 0 saturated carbocycles. The Hall–Kier alpha value is -11.0. The fourth-order valence-electron chi connectivity index (χ4n) is 12.1. The second-order valence-electron chi connectivity index (χ2n) is 26.6. The van der Waals surface area contributed by atoms with Gasteiger partial charge < -0.3 is 18.9 Å². The van der Waals surface area contributed by atoms with Gasteiger partial charge in [0.2, 0.25) is 47.6 Å². The molecule has 4 aromatic heterocycles. The van der Waals surface area contributed by atoms with Crippen molar-refractivity contribution in [2.75, 3.05) is 26.4 Å². The van der Waals surface area contributed by atoms with Crippen LogP contribution in [0.4, 0.5) is 35.1 Å². The average molecular weight is 1500 g/mol. The molecule has 0 fully saturated rings. The zero-order valence-electron chi connectivity index (χ0n) is 63.1. The summed E-state index contributed by atoms with van der Waals surface area (Å²) in [5.41, 5.74) is 12.1. The van der Waals surface area contributed by atoms with Gasteiger partial charge in [0.05, 0.1) is 26.4 Å². The molecule has 0 amide bonds. The summed E-state index contributed by atoms with van der Waals surface area (Å²) in [4.78, 5) is 12.9. The number of rotatable bonds is 34. The molecule has 16 heteroatoms. The summed E-state index contributed by atoms with van der Waals surface area (Å²) >= 11 is 0. The number of nitrogens with zero attached hydrogens (tertiary/aromatic N) is 4. The van der Waals surface area contributed by atoms with Crippen LogP contribution in [0.3, 0.4) is 0 Å². The number of benzene rings is 8. The highest BCUT2D eigenvalue weighted by atomic mass is 19.2. The third-order valence-corrected chi connectivity index (χ3v) is 18.4. The lowest BCUT2D eigenvalue weighted by Crippen LogP contribution is -1.97. The van der Waals surface area contributed by atoms with Gasteiger partial charge >= 0.3 is 0 Å². The van der Waals surface area contributed by atoms with Crippen molar-refractivity contribution in [2.24, 2.45) is 0 Å². The first-order valence-electron chi connectivity index (χ1n) is 38.3. The molecule has 8 nitrogen and oxygen atoms in total. The molecule has 0 aliphatic carbocycles. The Bertz CT molecular complexity index is 4670. The molecule has 0 bridgehead atoms. The molecular weight excluding hydrogens is 1400 g/mol. The predicted octanol–water partition coefficient (Wildman–Crippen LogP) is 27.4. The van der Waals surface area contributed by atoms with E-state index in [0.717, 1.165) is 144 Å². The average Bonchev–Trinajstić information content (AvgIpc) is 0.837. The molecule has 0 atom stereocenters. The van der Waals surface area contributed by atoms with E-state index in [1.807, 2.05) is 194 Å². The van der Waals surface area contributed by atoms with Crippen LogP contribution in [0.2, 0.25) is 0 Å². The summed E-state index contributed by atoms with van der Waals surface area (Å²) < 4.78 is 130. The second kappa shape index (κ2) is 45.1. The van der Waals surface area contributed by atoms with Gasteiger partial charge in [0.25, 0.3) is 0 Å². The summed E-state index contributed by atoms with van der Waals surface area (Å²) in [5.74, 6) is -3.01. The summed E-state index contributed by atoms with van der Waals surface area (Å²) in [5, 5.41) is 0. The van der Waals surface area contributed by atoms with E-state index in [9.17, 15) is 35.1 Å².